The van der Waals surface area contributed by atoms with Crippen molar-refractivity contribution in [1.82, 2.24) is 20.9 Å². The van der Waals surface area contributed by atoms with Crippen LogP contribution in [-0.4, -0.2) is 35.9 Å². The van der Waals surface area contributed by atoms with Crippen LogP contribution in [0.25, 0.3) is 10.9 Å². The minimum absolute atomic E-state index is 0.0241. The molecule has 200 valence electrons. The fraction of sp³-hybridized carbons (Fsp3) is 0.333. The van der Waals surface area contributed by atoms with Crippen molar-refractivity contribution in [2.24, 2.45) is 5.92 Å². The summed E-state index contributed by atoms with van der Waals surface area (Å²) in [6.07, 6.45) is 4.94. The van der Waals surface area contributed by atoms with E-state index in [4.69, 9.17) is 0 Å². The van der Waals surface area contributed by atoms with Gasteiger partial charge in [-0.05, 0) is 73.2 Å². The van der Waals surface area contributed by atoms with E-state index in [9.17, 15) is 9.59 Å². The molecule has 6 nitrogen and oxygen atoms in total. The zero-order valence-corrected chi connectivity index (χ0v) is 22.4. The molecular weight excluding hydrogens is 484 g/mol. The summed E-state index contributed by atoms with van der Waals surface area (Å²) >= 11 is 0. The topological polar surface area (TPSA) is 86.0 Å². The maximum Gasteiger partial charge on any atom is 0.243 e. The van der Waals surface area contributed by atoms with Gasteiger partial charge in [0.15, 0.2) is 0 Å². The van der Waals surface area contributed by atoms with Crippen molar-refractivity contribution in [3.05, 3.63) is 107 Å². The number of fused-ring (bicyclic) bond motifs is 3. The van der Waals surface area contributed by atoms with Gasteiger partial charge in [0.1, 0.15) is 6.04 Å². The minimum Gasteiger partial charge on any atom is -0.361 e. The summed E-state index contributed by atoms with van der Waals surface area (Å²) in [7, 11) is 0. The predicted molar refractivity (Wildman–Crippen MR) is 154 cm³/mol. The van der Waals surface area contributed by atoms with Crippen molar-refractivity contribution in [3.63, 3.8) is 0 Å². The number of nitrogens with one attached hydrogen (secondary N) is 4. The molecule has 4 N–H and O–H groups in total. The normalized spacial score (nSPS) is 18.5. The van der Waals surface area contributed by atoms with Crippen molar-refractivity contribution < 1.29 is 9.59 Å². The van der Waals surface area contributed by atoms with E-state index in [2.05, 4.69) is 51.3 Å². The van der Waals surface area contributed by atoms with Gasteiger partial charge in [-0.25, -0.2) is 0 Å². The van der Waals surface area contributed by atoms with Crippen molar-refractivity contribution >= 4 is 22.7 Å². The number of H-pyrrole nitrogens is 1. The number of aromatic nitrogens is 1. The lowest BCUT2D eigenvalue weighted by molar-refractivity contribution is -0.132. The van der Waals surface area contributed by atoms with Crippen LogP contribution < -0.4 is 16.0 Å². The monoisotopic (exact) mass is 520 g/mol. The molecule has 4 aromatic rings. The summed E-state index contributed by atoms with van der Waals surface area (Å²) in [4.78, 5) is 31.1. The summed E-state index contributed by atoms with van der Waals surface area (Å²) in [5.41, 5.74) is 6.63. The highest BCUT2D eigenvalue weighted by molar-refractivity contribution is 5.91. The van der Waals surface area contributed by atoms with Crippen molar-refractivity contribution in [2.45, 2.75) is 50.6 Å². The number of hydrogen-bond acceptors (Lipinski definition) is 3. The molecule has 2 heterocycles. The van der Waals surface area contributed by atoms with Gasteiger partial charge in [-0.1, -0.05) is 66.7 Å². The Balaban J connectivity index is 1.27. The molecule has 0 bridgehead atoms. The van der Waals surface area contributed by atoms with E-state index in [0.717, 1.165) is 53.5 Å². The van der Waals surface area contributed by atoms with Gasteiger partial charge in [0, 0.05) is 35.5 Å². The largest absolute Gasteiger partial charge is 0.361 e. The van der Waals surface area contributed by atoms with Crippen LogP contribution in [-0.2, 0) is 34.4 Å². The van der Waals surface area contributed by atoms with E-state index in [-0.39, 0.29) is 23.1 Å². The summed E-state index contributed by atoms with van der Waals surface area (Å²) in [5, 5.41) is 10.9. The second kappa shape index (κ2) is 10.7. The third-order valence-electron chi connectivity index (χ3n) is 8.90. The summed E-state index contributed by atoms with van der Waals surface area (Å²) < 4.78 is 0. The van der Waals surface area contributed by atoms with Crippen molar-refractivity contribution in [1.29, 1.82) is 0 Å². The van der Waals surface area contributed by atoms with Gasteiger partial charge in [0.2, 0.25) is 11.8 Å². The number of piperidine rings is 1. The summed E-state index contributed by atoms with van der Waals surface area (Å²) in [5.74, 6) is -0.373. The number of amides is 2. The van der Waals surface area contributed by atoms with E-state index < -0.39 is 6.04 Å². The Morgan fingerprint density at radius 3 is 2.54 bits per heavy atom. The molecule has 6 rings (SSSR count). The molecule has 6 heteroatoms. The van der Waals surface area contributed by atoms with Crippen molar-refractivity contribution in [2.75, 3.05) is 13.1 Å². The second-order valence-corrected chi connectivity index (χ2v) is 11.1. The van der Waals surface area contributed by atoms with E-state index in [1.54, 1.807) is 0 Å². The zero-order valence-electron chi connectivity index (χ0n) is 22.4. The molecule has 0 saturated carbocycles. The number of hydrogen-bond donors (Lipinski definition) is 4. The lowest BCUT2D eigenvalue weighted by Crippen LogP contribution is -2.54. The number of carbonyl (C=O) groups excluding carboxylic acids is 2. The van der Waals surface area contributed by atoms with Gasteiger partial charge in [-0.2, -0.15) is 0 Å². The first-order valence-electron chi connectivity index (χ1n) is 14.0. The van der Waals surface area contributed by atoms with Gasteiger partial charge in [-0.3, -0.25) is 9.59 Å². The van der Waals surface area contributed by atoms with Crippen LogP contribution in [0.5, 0.6) is 0 Å². The van der Waals surface area contributed by atoms with Crippen LogP contribution >= 0.6 is 0 Å². The highest BCUT2D eigenvalue weighted by Crippen LogP contribution is 2.49. The standard InChI is InChI=1S/C33H36N4O2/c1-22-8-2-3-10-24(22)20-36-32(39)30(19-25-21-35-29-13-7-5-11-26(25)29)37-31(38)28-18-23-9-4-6-12-27(23)33(28)14-16-34-17-15-33/h2-13,21,28,30,34-35H,14-20H2,1H3,(H,36,39)(H,37,38)/t28?,30-/m0/s1. The average molecular weight is 521 g/mol. The van der Waals surface area contributed by atoms with Gasteiger partial charge >= 0.3 is 0 Å². The molecule has 1 fully saturated rings. The second-order valence-electron chi connectivity index (χ2n) is 11.1. The van der Waals surface area contributed by atoms with Crippen LogP contribution in [0.15, 0.2) is 79.0 Å². The highest BCUT2D eigenvalue weighted by atomic mass is 16.2. The number of benzene rings is 3. The Kier molecular flexibility index (Phi) is 6.96. The van der Waals surface area contributed by atoms with Crippen LogP contribution in [0.1, 0.15) is 40.7 Å². The Morgan fingerprint density at radius 2 is 1.69 bits per heavy atom. The fourth-order valence-electron chi connectivity index (χ4n) is 6.74. The first-order chi connectivity index (χ1) is 19.0. The van der Waals surface area contributed by atoms with Gasteiger partial charge in [-0.15, -0.1) is 0 Å². The fourth-order valence-corrected chi connectivity index (χ4v) is 6.74. The minimum atomic E-state index is -0.678. The molecule has 3 aromatic carbocycles. The predicted octanol–water partition coefficient (Wildman–Crippen LogP) is 4.31. The highest BCUT2D eigenvalue weighted by Gasteiger charge is 2.50. The molecule has 1 spiro atoms. The molecule has 1 aliphatic carbocycles. The van der Waals surface area contributed by atoms with Crippen LogP contribution in [0, 0.1) is 12.8 Å². The molecule has 1 aromatic heterocycles. The molecule has 2 amide bonds. The molecule has 2 aliphatic rings. The van der Waals surface area contributed by atoms with E-state index in [0.29, 0.717) is 19.4 Å². The third kappa shape index (κ3) is 4.85. The quantitative estimate of drug-likeness (QED) is 0.293. The Labute approximate surface area is 229 Å². The summed E-state index contributed by atoms with van der Waals surface area (Å²) in [6, 6.07) is 24.0. The molecule has 39 heavy (non-hydrogen) atoms. The molecule has 1 saturated heterocycles. The first-order valence-corrected chi connectivity index (χ1v) is 14.0. The molecule has 0 radical (unpaired) electrons. The lowest BCUT2D eigenvalue weighted by Gasteiger charge is -2.40. The Morgan fingerprint density at radius 1 is 0.949 bits per heavy atom. The number of para-hydroxylation sites is 1. The van der Waals surface area contributed by atoms with Gasteiger partial charge in [0.25, 0.3) is 0 Å². The van der Waals surface area contributed by atoms with E-state index in [1.165, 1.54) is 11.1 Å². The number of aryl methyl sites for hydroxylation is 1. The number of carbonyl (C=O) groups is 2. The number of rotatable bonds is 7. The average Bonchev–Trinajstić information content (AvgIpc) is 3.52. The van der Waals surface area contributed by atoms with Gasteiger partial charge < -0.3 is 20.9 Å². The summed E-state index contributed by atoms with van der Waals surface area (Å²) in [6.45, 7) is 4.26. The van der Waals surface area contributed by atoms with E-state index in [1.807, 2.05) is 55.6 Å². The molecule has 1 aliphatic heterocycles. The van der Waals surface area contributed by atoms with Gasteiger partial charge in [0.05, 0.1) is 5.92 Å². The smallest absolute Gasteiger partial charge is 0.243 e. The molecule has 1 unspecified atom stereocenters. The third-order valence-corrected chi connectivity index (χ3v) is 8.90. The number of aromatic amines is 1. The maximum absolute atomic E-state index is 14.1. The van der Waals surface area contributed by atoms with Crippen molar-refractivity contribution in [3.8, 4) is 0 Å². The lowest BCUT2D eigenvalue weighted by atomic mass is 9.68. The van der Waals surface area contributed by atoms with Crippen LogP contribution in [0.2, 0.25) is 0 Å². The first kappa shape index (κ1) is 25.4. The zero-order chi connectivity index (χ0) is 26.8. The molecule has 2 atom stereocenters. The Bertz CT molecular complexity index is 1500. The maximum atomic E-state index is 14.1. The van der Waals surface area contributed by atoms with E-state index >= 15 is 0 Å². The van der Waals surface area contributed by atoms with Crippen LogP contribution in [0.4, 0.5) is 0 Å². The van der Waals surface area contributed by atoms with Crippen LogP contribution in [0.3, 0.4) is 0 Å². The Hall–Kier alpha value is -3.90. The SMILES string of the molecule is Cc1ccccc1CNC(=O)[C@H](Cc1c[nH]c2ccccc12)NC(=O)C1Cc2ccccc2C12CCNCC2. The molecular formula is C33H36N4O2.